The van der Waals surface area contributed by atoms with Crippen molar-refractivity contribution in [2.24, 2.45) is 0 Å². The zero-order valence-corrected chi connectivity index (χ0v) is 16.4. The summed E-state index contributed by atoms with van der Waals surface area (Å²) in [4.78, 5) is 13.8. The first kappa shape index (κ1) is 20.7. The lowest BCUT2D eigenvalue weighted by molar-refractivity contribution is -0.137. The molecule has 0 atom stereocenters. The number of methoxy groups -OCH3 is 1. The Labute approximate surface area is 162 Å². The van der Waals surface area contributed by atoms with E-state index in [4.69, 9.17) is 27.9 Å². The van der Waals surface area contributed by atoms with E-state index in [-0.39, 0.29) is 27.1 Å². The van der Waals surface area contributed by atoms with Gasteiger partial charge in [-0.1, -0.05) is 23.2 Å². The molecule has 0 unspecified atom stereocenters. The van der Waals surface area contributed by atoms with Crippen molar-refractivity contribution in [3.63, 3.8) is 0 Å². The van der Waals surface area contributed by atoms with E-state index in [1.165, 1.54) is 23.6 Å². The van der Waals surface area contributed by atoms with Gasteiger partial charge in [0, 0.05) is 14.1 Å². The van der Waals surface area contributed by atoms with Crippen LogP contribution in [0.5, 0.6) is 0 Å². The van der Waals surface area contributed by atoms with Crippen molar-refractivity contribution in [1.29, 1.82) is 0 Å². The maximum absolute atomic E-state index is 13.0. The van der Waals surface area contributed by atoms with Gasteiger partial charge in [-0.15, -0.1) is 11.8 Å². The van der Waals surface area contributed by atoms with Crippen molar-refractivity contribution in [2.75, 3.05) is 32.4 Å². The maximum atomic E-state index is 13.0. The van der Waals surface area contributed by atoms with Crippen molar-refractivity contribution >= 4 is 46.8 Å². The highest BCUT2D eigenvalue weighted by Crippen LogP contribution is 2.40. The summed E-state index contributed by atoms with van der Waals surface area (Å²) in [6.45, 7) is 0. The van der Waals surface area contributed by atoms with Gasteiger partial charge in [-0.2, -0.15) is 18.3 Å². The van der Waals surface area contributed by atoms with Crippen LogP contribution in [0.15, 0.2) is 17.2 Å². The van der Waals surface area contributed by atoms with Gasteiger partial charge in [-0.3, -0.25) is 0 Å². The number of hydrogen-bond donors (Lipinski definition) is 0. The Morgan fingerprint density at radius 2 is 1.81 bits per heavy atom. The van der Waals surface area contributed by atoms with Crippen LogP contribution in [0.3, 0.4) is 0 Å². The fraction of sp³-hybridized carbons (Fsp3) is 0.333. The minimum atomic E-state index is -4.60. The van der Waals surface area contributed by atoms with Crippen LogP contribution in [0.1, 0.15) is 15.9 Å². The Morgan fingerprint density at radius 1 is 1.27 bits per heavy atom. The molecule has 26 heavy (non-hydrogen) atoms. The molecule has 0 aliphatic carbocycles. The van der Waals surface area contributed by atoms with Gasteiger partial charge in [0.15, 0.2) is 0 Å². The molecule has 142 valence electrons. The molecule has 0 spiro atoms. The number of carbonyl (C=O) groups excluding carboxylic acids is 1. The second kappa shape index (κ2) is 7.58. The Balaban J connectivity index is 2.81. The normalized spacial score (nSPS) is 11.6. The topological polar surface area (TPSA) is 47.4 Å². The zero-order chi connectivity index (χ0) is 19.8. The number of benzene rings is 1. The van der Waals surface area contributed by atoms with Gasteiger partial charge in [-0.25, -0.2) is 9.48 Å². The van der Waals surface area contributed by atoms with Crippen molar-refractivity contribution in [3.05, 3.63) is 33.3 Å². The van der Waals surface area contributed by atoms with E-state index < -0.39 is 17.7 Å². The largest absolute Gasteiger partial charge is 0.465 e. The smallest absolute Gasteiger partial charge is 0.416 e. The summed E-state index contributed by atoms with van der Waals surface area (Å²) in [6.07, 6.45) is -2.89. The van der Waals surface area contributed by atoms with E-state index in [1.807, 2.05) is 0 Å². The predicted molar refractivity (Wildman–Crippen MR) is 96.0 cm³/mol. The maximum Gasteiger partial charge on any atom is 0.416 e. The SMILES string of the molecule is COC(=O)c1c(SC)nn(-c2c(Cl)cc(C(F)(F)F)cc2Cl)c1N(C)C. The molecule has 1 aromatic carbocycles. The number of aromatic nitrogens is 2. The summed E-state index contributed by atoms with van der Waals surface area (Å²) in [7, 11) is 4.52. The molecule has 0 aliphatic heterocycles. The van der Waals surface area contributed by atoms with Gasteiger partial charge < -0.3 is 9.64 Å². The molecular formula is C15H14Cl2F3N3O2S. The van der Waals surface area contributed by atoms with Gasteiger partial charge in [-0.05, 0) is 18.4 Å². The number of halogens is 5. The Kier molecular flexibility index (Phi) is 6.04. The molecule has 0 amide bonds. The Hall–Kier alpha value is -1.58. The van der Waals surface area contributed by atoms with Crippen molar-refractivity contribution in [2.45, 2.75) is 11.2 Å². The van der Waals surface area contributed by atoms with E-state index >= 15 is 0 Å². The van der Waals surface area contributed by atoms with Gasteiger partial charge >= 0.3 is 12.1 Å². The van der Waals surface area contributed by atoms with Crippen LogP contribution < -0.4 is 4.90 Å². The molecular weight excluding hydrogens is 414 g/mol. The quantitative estimate of drug-likeness (QED) is 0.519. The third kappa shape index (κ3) is 3.74. The zero-order valence-electron chi connectivity index (χ0n) is 14.1. The number of alkyl halides is 3. The molecule has 0 radical (unpaired) electrons. The highest BCUT2D eigenvalue weighted by molar-refractivity contribution is 7.98. The van der Waals surface area contributed by atoms with Crippen LogP contribution in [-0.2, 0) is 10.9 Å². The van der Waals surface area contributed by atoms with Gasteiger partial charge in [0.05, 0.1) is 22.7 Å². The summed E-state index contributed by atoms with van der Waals surface area (Å²) in [5.74, 6) is -0.354. The number of nitrogens with zero attached hydrogens (tertiary/aromatic N) is 3. The number of ether oxygens (including phenoxy) is 1. The molecule has 0 saturated carbocycles. The third-order valence-electron chi connectivity index (χ3n) is 3.39. The predicted octanol–water partition coefficient (Wildman–Crippen LogP) is 4.77. The average molecular weight is 428 g/mol. The number of rotatable bonds is 4. The minimum absolute atomic E-state index is 0.0375. The number of thioether (sulfide) groups is 1. The minimum Gasteiger partial charge on any atom is -0.465 e. The van der Waals surface area contributed by atoms with Gasteiger partial charge in [0.2, 0.25) is 0 Å². The van der Waals surface area contributed by atoms with E-state index in [1.54, 1.807) is 25.3 Å². The van der Waals surface area contributed by atoms with Crippen molar-refractivity contribution in [1.82, 2.24) is 9.78 Å². The first-order valence-corrected chi connectivity index (χ1v) is 9.00. The van der Waals surface area contributed by atoms with Gasteiger partial charge in [0.25, 0.3) is 0 Å². The molecule has 0 fully saturated rings. The number of anilines is 1. The fourth-order valence-electron chi connectivity index (χ4n) is 2.31. The second-order valence-electron chi connectivity index (χ2n) is 5.29. The molecule has 0 aliphatic rings. The molecule has 1 aromatic heterocycles. The summed E-state index contributed by atoms with van der Waals surface area (Å²) < 4.78 is 44.9. The monoisotopic (exact) mass is 427 g/mol. The van der Waals surface area contributed by atoms with Crippen LogP contribution in [0.25, 0.3) is 5.69 Å². The summed E-state index contributed by atoms with van der Waals surface area (Å²) in [6, 6.07) is 1.53. The van der Waals surface area contributed by atoms with E-state index in [2.05, 4.69) is 5.10 Å². The Bertz CT molecular complexity index is 830. The highest BCUT2D eigenvalue weighted by Gasteiger charge is 2.34. The molecule has 5 nitrogen and oxygen atoms in total. The lowest BCUT2D eigenvalue weighted by Gasteiger charge is -2.19. The van der Waals surface area contributed by atoms with E-state index in [0.717, 1.165) is 12.1 Å². The van der Waals surface area contributed by atoms with Crippen molar-refractivity contribution < 1.29 is 22.7 Å². The molecule has 11 heteroatoms. The van der Waals surface area contributed by atoms with E-state index in [0.29, 0.717) is 5.03 Å². The molecule has 2 rings (SSSR count). The summed E-state index contributed by atoms with van der Waals surface area (Å²) in [5, 5.41) is 4.12. The van der Waals surface area contributed by atoms with Crippen LogP contribution in [0, 0.1) is 0 Å². The van der Waals surface area contributed by atoms with Crippen LogP contribution in [-0.4, -0.2) is 43.2 Å². The Morgan fingerprint density at radius 3 is 2.19 bits per heavy atom. The van der Waals surface area contributed by atoms with Crippen LogP contribution in [0.4, 0.5) is 19.0 Å². The molecule has 2 aromatic rings. The lowest BCUT2D eigenvalue weighted by Crippen LogP contribution is -2.18. The second-order valence-corrected chi connectivity index (χ2v) is 6.90. The van der Waals surface area contributed by atoms with Crippen LogP contribution in [0.2, 0.25) is 10.0 Å². The standard InChI is InChI=1S/C15H14Cl2F3N3O2S/c1-22(2)13-10(14(24)25-3)12(26-4)21-23(13)11-8(16)5-7(6-9(11)17)15(18,19)20/h5-6H,1-4H3. The average Bonchev–Trinajstić information content (AvgIpc) is 2.92. The summed E-state index contributed by atoms with van der Waals surface area (Å²) >= 11 is 13.3. The number of carbonyl (C=O) groups is 1. The molecule has 1 heterocycles. The number of esters is 1. The molecule has 0 saturated heterocycles. The first-order chi connectivity index (χ1) is 12.0. The highest BCUT2D eigenvalue weighted by atomic mass is 35.5. The summed E-state index contributed by atoms with van der Waals surface area (Å²) in [5.41, 5.74) is -0.777. The molecule has 0 bridgehead atoms. The lowest BCUT2D eigenvalue weighted by atomic mass is 10.2. The van der Waals surface area contributed by atoms with Gasteiger partial charge in [0.1, 0.15) is 22.1 Å². The third-order valence-corrected chi connectivity index (χ3v) is 4.64. The first-order valence-electron chi connectivity index (χ1n) is 7.02. The number of hydrogen-bond acceptors (Lipinski definition) is 5. The van der Waals surface area contributed by atoms with E-state index in [9.17, 15) is 18.0 Å². The van der Waals surface area contributed by atoms with Crippen LogP contribution >= 0.6 is 35.0 Å². The fourth-order valence-corrected chi connectivity index (χ4v) is 3.50. The van der Waals surface area contributed by atoms with Crippen molar-refractivity contribution in [3.8, 4) is 5.69 Å². The molecule has 0 N–H and O–H groups in total.